The van der Waals surface area contributed by atoms with Gasteiger partial charge in [0.1, 0.15) is 11.6 Å². The van der Waals surface area contributed by atoms with Gasteiger partial charge in [0.25, 0.3) is 0 Å². The average molecular weight is 304 g/mol. The van der Waals surface area contributed by atoms with E-state index in [1.807, 2.05) is 18.2 Å². The Morgan fingerprint density at radius 1 is 1.14 bits per heavy atom. The van der Waals surface area contributed by atoms with Crippen molar-refractivity contribution in [1.82, 2.24) is 0 Å². The van der Waals surface area contributed by atoms with Crippen LogP contribution in [-0.2, 0) is 4.79 Å². The van der Waals surface area contributed by atoms with Gasteiger partial charge in [-0.15, -0.1) is 0 Å². The summed E-state index contributed by atoms with van der Waals surface area (Å²) in [6.45, 7) is 3.98. The molecule has 2 N–H and O–H groups in total. The second-order valence-electron chi connectivity index (χ2n) is 5.31. The molecule has 0 heterocycles. The van der Waals surface area contributed by atoms with E-state index >= 15 is 0 Å². The SMILES string of the molecule is CC(C)c1cccc(NC(=O)CNc2cc(F)ccc2F)c1. The lowest BCUT2D eigenvalue weighted by Gasteiger charge is -2.11. The lowest BCUT2D eigenvalue weighted by Crippen LogP contribution is -2.22. The maximum absolute atomic E-state index is 13.4. The molecule has 0 saturated heterocycles. The first-order valence-electron chi connectivity index (χ1n) is 7.04. The molecule has 0 aliphatic heterocycles. The number of carbonyl (C=O) groups is 1. The minimum atomic E-state index is -0.601. The maximum atomic E-state index is 13.4. The van der Waals surface area contributed by atoms with E-state index in [2.05, 4.69) is 24.5 Å². The molecule has 0 radical (unpaired) electrons. The van der Waals surface area contributed by atoms with Gasteiger partial charge in [-0.25, -0.2) is 8.78 Å². The Bertz CT molecular complexity index is 671. The van der Waals surface area contributed by atoms with Crippen LogP contribution in [-0.4, -0.2) is 12.5 Å². The molecule has 0 aliphatic rings. The van der Waals surface area contributed by atoms with E-state index in [1.165, 1.54) is 0 Å². The zero-order chi connectivity index (χ0) is 16.1. The van der Waals surface area contributed by atoms with E-state index in [0.29, 0.717) is 11.6 Å². The summed E-state index contributed by atoms with van der Waals surface area (Å²) in [5.41, 5.74) is 1.76. The van der Waals surface area contributed by atoms with Crippen molar-refractivity contribution in [1.29, 1.82) is 0 Å². The van der Waals surface area contributed by atoms with Crippen molar-refractivity contribution < 1.29 is 13.6 Å². The third-order valence-electron chi connectivity index (χ3n) is 3.20. The van der Waals surface area contributed by atoms with Gasteiger partial charge in [0, 0.05) is 5.69 Å². The fourth-order valence-electron chi connectivity index (χ4n) is 1.99. The van der Waals surface area contributed by atoms with Gasteiger partial charge < -0.3 is 10.6 Å². The smallest absolute Gasteiger partial charge is 0.243 e. The first-order valence-corrected chi connectivity index (χ1v) is 7.04. The highest BCUT2D eigenvalue weighted by Crippen LogP contribution is 2.19. The summed E-state index contributed by atoms with van der Waals surface area (Å²) in [5, 5.41) is 5.31. The molecule has 3 nitrogen and oxygen atoms in total. The van der Waals surface area contributed by atoms with Crippen LogP contribution in [0, 0.1) is 11.6 Å². The largest absolute Gasteiger partial charge is 0.374 e. The molecule has 0 saturated carbocycles. The lowest BCUT2D eigenvalue weighted by atomic mass is 10.0. The summed E-state index contributed by atoms with van der Waals surface area (Å²) in [7, 11) is 0. The predicted molar refractivity (Wildman–Crippen MR) is 84.0 cm³/mol. The Morgan fingerprint density at radius 2 is 1.91 bits per heavy atom. The van der Waals surface area contributed by atoms with E-state index in [-0.39, 0.29) is 18.1 Å². The van der Waals surface area contributed by atoms with Crippen LogP contribution in [0.25, 0.3) is 0 Å². The van der Waals surface area contributed by atoms with Gasteiger partial charge in [-0.05, 0) is 41.8 Å². The molecular formula is C17H18F2N2O. The van der Waals surface area contributed by atoms with Crippen LogP contribution in [0.4, 0.5) is 20.2 Å². The van der Waals surface area contributed by atoms with Crippen LogP contribution in [0.3, 0.4) is 0 Å². The molecule has 0 fully saturated rings. The van der Waals surface area contributed by atoms with Crippen molar-refractivity contribution in [2.75, 3.05) is 17.2 Å². The van der Waals surface area contributed by atoms with Crippen LogP contribution in [0.15, 0.2) is 42.5 Å². The predicted octanol–water partition coefficient (Wildman–Crippen LogP) is 4.14. The number of benzene rings is 2. The van der Waals surface area contributed by atoms with Crippen LogP contribution < -0.4 is 10.6 Å². The number of rotatable bonds is 5. The standard InChI is InChI=1S/C17H18F2N2O/c1-11(2)12-4-3-5-14(8-12)21-17(22)10-20-16-9-13(18)6-7-15(16)19/h3-9,11,20H,10H2,1-2H3,(H,21,22). The number of anilines is 2. The van der Waals surface area contributed by atoms with Crippen molar-refractivity contribution in [3.8, 4) is 0 Å². The van der Waals surface area contributed by atoms with Gasteiger partial charge in [0.05, 0.1) is 12.2 Å². The molecule has 1 amide bonds. The van der Waals surface area contributed by atoms with Gasteiger partial charge in [-0.3, -0.25) is 4.79 Å². The minimum Gasteiger partial charge on any atom is -0.374 e. The van der Waals surface area contributed by atoms with Gasteiger partial charge >= 0.3 is 0 Å². The van der Waals surface area contributed by atoms with Crippen LogP contribution in [0.5, 0.6) is 0 Å². The van der Waals surface area contributed by atoms with Crippen molar-refractivity contribution >= 4 is 17.3 Å². The highest BCUT2D eigenvalue weighted by atomic mass is 19.1. The van der Waals surface area contributed by atoms with E-state index in [1.54, 1.807) is 6.07 Å². The van der Waals surface area contributed by atoms with Crippen LogP contribution >= 0.6 is 0 Å². The number of hydrogen-bond donors (Lipinski definition) is 2. The van der Waals surface area contributed by atoms with E-state index in [9.17, 15) is 13.6 Å². The summed E-state index contributed by atoms with van der Waals surface area (Å²) in [6.07, 6.45) is 0. The molecule has 2 aromatic carbocycles. The number of halogens is 2. The number of hydrogen-bond acceptors (Lipinski definition) is 2. The normalized spacial score (nSPS) is 10.6. The Balaban J connectivity index is 1.96. The van der Waals surface area contributed by atoms with Gasteiger partial charge in [0.15, 0.2) is 0 Å². The quantitative estimate of drug-likeness (QED) is 0.871. The summed E-state index contributed by atoms with van der Waals surface area (Å²) >= 11 is 0. The Hall–Kier alpha value is -2.43. The van der Waals surface area contributed by atoms with E-state index < -0.39 is 11.6 Å². The fourth-order valence-corrected chi connectivity index (χ4v) is 1.99. The first kappa shape index (κ1) is 15.9. The molecule has 2 aromatic rings. The molecular weight excluding hydrogens is 286 g/mol. The first-order chi connectivity index (χ1) is 10.5. The summed E-state index contributed by atoms with van der Waals surface area (Å²) in [4.78, 5) is 11.9. The number of carbonyl (C=O) groups excluding carboxylic acids is 1. The summed E-state index contributed by atoms with van der Waals surface area (Å²) < 4.78 is 26.5. The monoisotopic (exact) mass is 304 g/mol. The fraction of sp³-hybridized carbons (Fsp3) is 0.235. The topological polar surface area (TPSA) is 41.1 Å². The zero-order valence-corrected chi connectivity index (χ0v) is 12.5. The Morgan fingerprint density at radius 3 is 2.64 bits per heavy atom. The molecule has 0 atom stereocenters. The third-order valence-corrected chi connectivity index (χ3v) is 3.20. The highest BCUT2D eigenvalue weighted by Gasteiger charge is 2.07. The number of nitrogens with one attached hydrogen (secondary N) is 2. The van der Waals surface area contributed by atoms with Gasteiger partial charge in [-0.2, -0.15) is 0 Å². The Labute approximate surface area is 128 Å². The maximum Gasteiger partial charge on any atom is 0.243 e. The zero-order valence-electron chi connectivity index (χ0n) is 12.5. The molecule has 0 spiro atoms. The lowest BCUT2D eigenvalue weighted by molar-refractivity contribution is -0.114. The average Bonchev–Trinajstić information content (AvgIpc) is 2.48. The van der Waals surface area contributed by atoms with E-state index in [0.717, 1.165) is 23.8 Å². The molecule has 0 aromatic heterocycles. The molecule has 116 valence electrons. The number of amides is 1. The second-order valence-corrected chi connectivity index (χ2v) is 5.31. The molecule has 22 heavy (non-hydrogen) atoms. The Kier molecular flexibility index (Phi) is 5.09. The molecule has 0 unspecified atom stereocenters. The summed E-state index contributed by atoms with van der Waals surface area (Å²) in [6, 6.07) is 10.6. The highest BCUT2D eigenvalue weighted by molar-refractivity contribution is 5.93. The molecule has 0 bridgehead atoms. The molecule has 0 aliphatic carbocycles. The van der Waals surface area contributed by atoms with Crippen molar-refractivity contribution in [2.24, 2.45) is 0 Å². The summed E-state index contributed by atoms with van der Waals surface area (Å²) in [5.74, 6) is -1.13. The van der Waals surface area contributed by atoms with Crippen LogP contribution in [0.1, 0.15) is 25.3 Å². The van der Waals surface area contributed by atoms with Crippen LogP contribution in [0.2, 0.25) is 0 Å². The van der Waals surface area contributed by atoms with Crippen molar-refractivity contribution in [3.63, 3.8) is 0 Å². The van der Waals surface area contributed by atoms with Gasteiger partial charge in [-0.1, -0.05) is 26.0 Å². The van der Waals surface area contributed by atoms with E-state index in [4.69, 9.17) is 0 Å². The second kappa shape index (κ2) is 7.02. The molecule has 5 heteroatoms. The van der Waals surface area contributed by atoms with Crippen molar-refractivity contribution in [3.05, 3.63) is 59.7 Å². The van der Waals surface area contributed by atoms with Crippen molar-refractivity contribution in [2.45, 2.75) is 19.8 Å². The third kappa shape index (κ3) is 4.28. The minimum absolute atomic E-state index is 0.0360. The van der Waals surface area contributed by atoms with Gasteiger partial charge in [0.2, 0.25) is 5.91 Å². The molecule has 2 rings (SSSR count).